The number of amides is 1. The molecule has 0 unspecified atom stereocenters. The monoisotopic (exact) mass is 514 g/mol. The van der Waals surface area contributed by atoms with Crippen LogP contribution in [0.25, 0.3) is 0 Å². The van der Waals surface area contributed by atoms with Crippen LogP contribution < -0.4 is 15.4 Å². The van der Waals surface area contributed by atoms with E-state index in [-0.39, 0.29) is 29.9 Å². The Morgan fingerprint density at radius 3 is 2.52 bits per heavy atom. The average Bonchev–Trinajstić information content (AvgIpc) is 3.13. The van der Waals surface area contributed by atoms with E-state index in [0.29, 0.717) is 18.8 Å². The first-order chi connectivity index (χ1) is 13.5. The number of nitrogens with zero attached hydrogens (tertiary/aromatic N) is 2. The molecule has 0 fully saturated rings. The van der Waals surface area contributed by atoms with E-state index >= 15 is 0 Å². The topological polar surface area (TPSA) is 79.1 Å². The van der Waals surface area contributed by atoms with Gasteiger partial charge in [-0.2, -0.15) is 0 Å². The second-order valence-electron chi connectivity index (χ2n) is 6.48. The molecule has 0 aliphatic rings. The summed E-state index contributed by atoms with van der Waals surface area (Å²) in [6, 6.07) is 9.78. The Bertz CT molecular complexity index is 774. The minimum atomic E-state index is -0.185. The standard InChI is InChI=1S/C21H30N4O3.HI/c1-5-22-21(25(3)15-17-7-9-18(27-4)10-8-17)24-13-6-12-23-20(26)19-16(2)11-14-28-19;/h7-11,14H,5-6,12-13,15H2,1-4H3,(H,22,24)(H,23,26);1H. The molecule has 0 radical (unpaired) electrons. The van der Waals surface area contributed by atoms with Crippen LogP contribution in [0.3, 0.4) is 0 Å². The number of guanidine groups is 1. The summed E-state index contributed by atoms with van der Waals surface area (Å²) < 4.78 is 10.4. The molecule has 0 spiro atoms. The predicted octanol–water partition coefficient (Wildman–Crippen LogP) is 3.43. The molecular weight excluding hydrogens is 483 g/mol. The fraction of sp³-hybridized carbons (Fsp3) is 0.429. The van der Waals surface area contributed by atoms with Gasteiger partial charge in [0, 0.05) is 38.8 Å². The van der Waals surface area contributed by atoms with Crippen LogP contribution in [0.4, 0.5) is 0 Å². The number of rotatable bonds is 9. The number of ether oxygens (including phenoxy) is 1. The largest absolute Gasteiger partial charge is 0.497 e. The molecule has 1 aromatic carbocycles. The number of halogens is 1. The van der Waals surface area contributed by atoms with E-state index in [0.717, 1.165) is 36.8 Å². The SMILES string of the molecule is CCNC(=NCCCNC(=O)c1occc1C)N(C)Cc1ccc(OC)cc1.I. The second-order valence-corrected chi connectivity index (χ2v) is 6.48. The van der Waals surface area contributed by atoms with Gasteiger partial charge in [0.2, 0.25) is 0 Å². The number of hydrogen-bond acceptors (Lipinski definition) is 4. The third-order valence-corrected chi connectivity index (χ3v) is 4.23. The Morgan fingerprint density at radius 1 is 1.21 bits per heavy atom. The number of carbonyl (C=O) groups is 1. The van der Waals surface area contributed by atoms with Crippen LogP contribution in [0.15, 0.2) is 46.0 Å². The molecule has 0 atom stereocenters. The summed E-state index contributed by atoms with van der Waals surface area (Å²) in [5.41, 5.74) is 2.01. The van der Waals surface area contributed by atoms with Crippen LogP contribution in [-0.4, -0.2) is 50.6 Å². The number of aliphatic imine (C=N–C) groups is 1. The minimum absolute atomic E-state index is 0. The first-order valence-corrected chi connectivity index (χ1v) is 9.49. The van der Waals surface area contributed by atoms with Gasteiger partial charge in [-0.15, -0.1) is 24.0 Å². The Balaban J connectivity index is 0.00000420. The van der Waals surface area contributed by atoms with Crippen molar-refractivity contribution in [3.8, 4) is 5.75 Å². The lowest BCUT2D eigenvalue weighted by molar-refractivity contribution is 0.0925. The zero-order valence-corrected chi connectivity index (χ0v) is 19.9. The molecule has 1 heterocycles. The number of benzene rings is 1. The van der Waals surface area contributed by atoms with Gasteiger partial charge in [-0.1, -0.05) is 12.1 Å². The second kappa shape index (κ2) is 13.1. The Kier molecular flexibility index (Phi) is 11.2. The first-order valence-electron chi connectivity index (χ1n) is 9.49. The number of carbonyl (C=O) groups excluding carboxylic acids is 1. The molecule has 0 bridgehead atoms. The van der Waals surface area contributed by atoms with Crippen LogP contribution in [0.2, 0.25) is 0 Å². The molecule has 0 saturated heterocycles. The molecule has 0 saturated carbocycles. The van der Waals surface area contributed by atoms with Crippen molar-refractivity contribution < 1.29 is 13.9 Å². The lowest BCUT2D eigenvalue weighted by Gasteiger charge is -2.22. The van der Waals surface area contributed by atoms with Crippen molar-refractivity contribution in [3.05, 3.63) is 53.5 Å². The highest BCUT2D eigenvalue weighted by atomic mass is 127. The van der Waals surface area contributed by atoms with Crippen LogP contribution in [0.1, 0.15) is 35.0 Å². The van der Waals surface area contributed by atoms with Crippen molar-refractivity contribution in [3.63, 3.8) is 0 Å². The smallest absolute Gasteiger partial charge is 0.287 e. The van der Waals surface area contributed by atoms with E-state index in [1.807, 2.05) is 45.2 Å². The molecule has 0 aliphatic carbocycles. The predicted molar refractivity (Wildman–Crippen MR) is 126 cm³/mol. The molecule has 2 rings (SSSR count). The highest BCUT2D eigenvalue weighted by Crippen LogP contribution is 2.12. The quantitative estimate of drug-likeness (QED) is 0.232. The number of methoxy groups -OCH3 is 1. The van der Waals surface area contributed by atoms with Crippen LogP contribution in [0.5, 0.6) is 5.75 Å². The van der Waals surface area contributed by atoms with E-state index < -0.39 is 0 Å². The summed E-state index contributed by atoms with van der Waals surface area (Å²) in [5.74, 6) is 1.87. The molecule has 29 heavy (non-hydrogen) atoms. The highest BCUT2D eigenvalue weighted by Gasteiger charge is 2.11. The number of hydrogen-bond donors (Lipinski definition) is 2. The maximum atomic E-state index is 12.0. The van der Waals surface area contributed by atoms with Gasteiger partial charge >= 0.3 is 0 Å². The molecule has 1 amide bonds. The zero-order valence-electron chi connectivity index (χ0n) is 17.5. The molecule has 8 heteroatoms. The van der Waals surface area contributed by atoms with Gasteiger partial charge in [-0.3, -0.25) is 9.79 Å². The van der Waals surface area contributed by atoms with E-state index in [4.69, 9.17) is 9.15 Å². The third-order valence-electron chi connectivity index (χ3n) is 4.23. The lowest BCUT2D eigenvalue weighted by Crippen LogP contribution is -2.38. The number of aryl methyl sites for hydroxylation is 1. The highest BCUT2D eigenvalue weighted by molar-refractivity contribution is 14.0. The van der Waals surface area contributed by atoms with Gasteiger partial charge in [-0.05, 0) is 44.0 Å². The molecule has 0 aliphatic heterocycles. The molecule has 160 valence electrons. The number of furan rings is 1. The maximum absolute atomic E-state index is 12.0. The van der Waals surface area contributed by atoms with E-state index in [1.54, 1.807) is 13.2 Å². The summed E-state index contributed by atoms with van der Waals surface area (Å²) in [6.07, 6.45) is 2.27. The summed E-state index contributed by atoms with van der Waals surface area (Å²) >= 11 is 0. The molecule has 1 aromatic heterocycles. The van der Waals surface area contributed by atoms with Crippen molar-refractivity contribution in [1.82, 2.24) is 15.5 Å². The fourth-order valence-corrected chi connectivity index (χ4v) is 2.70. The van der Waals surface area contributed by atoms with Gasteiger partial charge in [-0.25, -0.2) is 0 Å². The molecule has 7 nitrogen and oxygen atoms in total. The Labute approximate surface area is 189 Å². The van der Waals surface area contributed by atoms with Crippen molar-refractivity contribution in [1.29, 1.82) is 0 Å². The number of nitrogens with one attached hydrogen (secondary N) is 2. The maximum Gasteiger partial charge on any atom is 0.287 e. The minimum Gasteiger partial charge on any atom is -0.497 e. The molecular formula is C21H31IN4O3. The molecule has 2 N–H and O–H groups in total. The summed E-state index contributed by atoms with van der Waals surface area (Å²) in [7, 11) is 3.67. The fourth-order valence-electron chi connectivity index (χ4n) is 2.70. The van der Waals surface area contributed by atoms with E-state index in [2.05, 4.69) is 20.5 Å². The summed E-state index contributed by atoms with van der Waals surface area (Å²) in [4.78, 5) is 18.7. The lowest BCUT2D eigenvalue weighted by atomic mass is 10.2. The van der Waals surface area contributed by atoms with Gasteiger partial charge in [0.25, 0.3) is 5.91 Å². The summed E-state index contributed by atoms with van der Waals surface area (Å²) in [6.45, 7) is 6.59. The van der Waals surface area contributed by atoms with Crippen LogP contribution in [-0.2, 0) is 6.54 Å². The third kappa shape index (κ3) is 7.96. The van der Waals surface area contributed by atoms with Crippen LogP contribution >= 0.6 is 24.0 Å². The normalized spacial score (nSPS) is 10.8. The van der Waals surface area contributed by atoms with Gasteiger partial charge < -0.3 is 24.7 Å². The first kappa shape index (κ1) is 24.8. The van der Waals surface area contributed by atoms with Crippen molar-refractivity contribution in [2.45, 2.75) is 26.8 Å². The zero-order chi connectivity index (χ0) is 20.4. The van der Waals surface area contributed by atoms with E-state index in [1.165, 1.54) is 11.8 Å². The van der Waals surface area contributed by atoms with E-state index in [9.17, 15) is 4.79 Å². The van der Waals surface area contributed by atoms with Crippen LogP contribution in [0, 0.1) is 6.92 Å². The van der Waals surface area contributed by atoms with Crippen molar-refractivity contribution in [2.24, 2.45) is 4.99 Å². The average molecular weight is 514 g/mol. The Morgan fingerprint density at radius 2 is 1.93 bits per heavy atom. The van der Waals surface area contributed by atoms with Crippen molar-refractivity contribution >= 4 is 35.8 Å². The molecule has 2 aromatic rings. The van der Waals surface area contributed by atoms with Gasteiger partial charge in [0.1, 0.15) is 5.75 Å². The van der Waals surface area contributed by atoms with Crippen molar-refractivity contribution in [2.75, 3.05) is 33.8 Å². The summed E-state index contributed by atoms with van der Waals surface area (Å²) in [5, 5.41) is 6.17. The van der Waals surface area contributed by atoms with Gasteiger partial charge in [0.15, 0.2) is 11.7 Å². The Hall–Kier alpha value is -2.23. The van der Waals surface area contributed by atoms with Gasteiger partial charge in [0.05, 0.1) is 13.4 Å².